The number of nitrogens with one attached hydrogen (secondary N) is 1. The molecule has 1 N–H and O–H groups in total. The SMILES string of the molecule is Cc1nc2ccc(Br)cc2c(=O)n1N=Cc1cc(Cl)c(OCC(=O)Nc2ccccc2F)c([N+](=O)[O-])c1. The molecule has 0 spiro atoms. The Morgan fingerprint density at radius 1 is 1.30 bits per heavy atom. The number of hydrogen-bond acceptors (Lipinski definition) is 7. The fourth-order valence-corrected chi connectivity index (χ4v) is 4.00. The van der Waals surface area contributed by atoms with Crippen LogP contribution in [0, 0.1) is 22.9 Å². The molecule has 3 aromatic carbocycles. The summed E-state index contributed by atoms with van der Waals surface area (Å²) >= 11 is 9.53. The summed E-state index contributed by atoms with van der Waals surface area (Å²) in [7, 11) is 0. The first-order valence-corrected chi connectivity index (χ1v) is 11.7. The minimum atomic E-state index is -0.744. The summed E-state index contributed by atoms with van der Waals surface area (Å²) in [4.78, 5) is 40.3. The predicted molar refractivity (Wildman–Crippen MR) is 140 cm³/mol. The molecule has 0 aliphatic rings. The van der Waals surface area contributed by atoms with E-state index < -0.39 is 34.5 Å². The number of anilines is 1. The second kappa shape index (κ2) is 10.8. The maximum Gasteiger partial charge on any atom is 0.313 e. The molecule has 10 nitrogen and oxygen atoms in total. The third-order valence-electron chi connectivity index (χ3n) is 5.03. The molecule has 0 bridgehead atoms. The van der Waals surface area contributed by atoms with Crippen molar-refractivity contribution in [2.75, 3.05) is 11.9 Å². The van der Waals surface area contributed by atoms with Crippen LogP contribution in [0.5, 0.6) is 5.75 Å². The number of fused-ring (bicyclic) bond motifs is 1. The summed E-state index contributed by atoms with van der Waals surface area (Å²) in [6, 6.07) is 13.0. The van der Waals surface area contributed by atoms with E-state index in [-0.39, 0.29) is 22.0 Å². The molecule has 188 valence electrons. The van der Waals surface area contributed by atoms with E-state index in [9.17, 15) is 24.1 Å². The quantitative estimate of drug-likeness (QED) is 0.182. The normalized spacial score (nSPS) is 11.1. The largest absolute Gasteiger partial charge is 0.476 e. The number of para-hydroxylation sites is 1. The Morgan fingerprint density at radius 3 is 2.78 bits per heavy atom. The molecule has 0 saturated heterocycles. The summed E-state index contributed by atoms with van der Waals surface area (Å²) in [6.45, 7) is 0.939. The number of carbonyl (C=O) groups is 1. The van der Waals surface area contributed by atoms with E-state index in [0.29, 0.717) is 21.2 Å². The van der Waals surface area contributed by atoms with E-state index in [1.807, 2.05) is 0 Å². The number of aryl methyl sites for hydroxylation is 1. The molecule has 4 rings (SSSR count). The van der Waals surface area contributed by atoms with E-state index in [1.54, 1.807) is 25.1 Å². The van der Waals surface area contributed by atoms with Crippen LogP contribution in [0.4, 0.5) is 15.8 Å². The number of ether oxygens (including phenoxy) is 1. The Labute approximate surface area is 221 Å². The third kappa shape index (κ3) is 5.81. The van der Waals surface area contributed by atoms with Crippen molar-refractivity contribution in [3.63, 3.8) is 0 Å². The zero-order chi connectivity index (χ0) is 26.7. The first-order chi connectivity index (χ1) is 17.6. The van der Waals surface area contributed by atoms with Gasteiger partial charge in [-0.3, -0.25) is 19.7 Å². The van der Waals surface area contributed by atoms with Crippen LogP contribution in [0.25, 0.3) is 10.9 Å². The minimum absolute atomic E-state index is 0.0654. The summed E-state index contributed by atoms with van der Waals surface area (Å²) in [5.74, 6) is -1.44. The van der Waals surface area contributed by atoms with Crippen LogP contribution in [-0.2, 0) is 4.79 Å². The van der Waals surface area contributed by atoms with Crippen molar-refractivity contribution in [3.8, 4) is 5.75 Å². The van der Waals surface area contributed by atoms with Gasteiger partial charge in [-0.05, 0) is 43.3 Å². The number of halogens is 3. The molecule has 0 unspecified atom stereocenters. The number of rotatable bonds is 7. The molecule has 1 amide bonds. The van der Waals surface area contributed by atoms with E-state index >= 15 is 0 Å². The van der Waals surface area contributed by atoms with Crippen molar-refractivity contribution in [2.45, 2.75) is 6.92 Å². The van der Waals surface area contributed by atoms with E-state index in [1.165, 1.54) is 36.5 Å². The monoisotopic (exact) mass is 587 g/mol. The van der Waals surface area contributed by atoms with E-state index in [0.717, 1.165) is 10.7 Å². The van der Waals surface area contributed by atoms with Crippen LogP contribution in [0.3, 0.4) is 0 Å². The number of carbonyl (C=O) groups excluding carboxylic acids is 1. The van der Waals surface area contributed by atoms with Gasteiger partial charge in [0.25, 0.3) is 11.5 Å². The van der Waals surface area contributed by atoms with Gasteiger partial charge in [-0.25, -0.2) is 9.37 Å². The van der Waals surface area contributed by atoms with E-state index in [4.69, 9.17) is 16.3 Å². The van der Waals surface area contributed by atoms with Gasteiger partial charge < -0.3 is 10.1 Å². The Kier molecular flexibility index (Phi) is 7.60. The van der Waals surface area contributed by atoms with Crippen molar-refractivity contribution in [3.05, 3.63) is 102 Å². The molecule has 1 heterocycles. The highest BCUT2D eigenvalue weighted by molar-refractivity contribution is 9.10. The maximum absolute atomic E-state index is 13.7. The Morgan fingerprint density at radius 2 is 2.05 bits per heavy atom. The van der Waals surface area contributed by atoms with E-state index in [2.05, 4.69) is 31.3 Å². The lowest BCUT2D eigenvalue weighted by atomic mass is 10.2. The third-order valence-corrected chi connectivity index (χ3v) is 5.81. The second-order valence-corrected chi connectivity index (χ2v) is 8.93. The van der Waals surface area contributed by atoms with Gasteiger partial charge >= 0.3 is 5.69 Å². The average molecular weight is 589 g/mol. The van der Waals surface area contributed by atoms with Gasteiger partial charge in [0.15, 0.2) is 6.61 Å². The highest BCUT2D eigenvalue weighted by atomic mass is 79.9. The summed E-state index contributed by atoms with van der Waals surface area (Å²) in [6.07, 6.45) is 1.22. The lowest BCUT2D eigenvalue weighted by molar-refractivity contribution is -0.385. The number of hydrogen-bond donors (Lipinski definition) is 1. The Balaban J connectivity index is 1.59. The van der Waals surface area contributed by atoms with Gasteiger partial charge in [-0.15, -0.1) is 0 Å². The average Bonchev–Trinajstić information content (AvgIpc) is 2.85. The number of nitrogens with zero attached hydrogens (tertiary/aromatic N) is 4. The van der Waals surface area contributed by atoms with Crippen molar-refractivity contribution in [2.24, 2.45) is 5.10 Å². The molecule has 0 atom stereocenters. The maximum atomic E-state index is 13.7. The van der Waals surface area contributed by atoms with Crippen molar-refractivity contribution >= 4 is 61.9 Å². The first-order valence-electron chi connectivity index (χ1n) is 10.5. The summed E-state index contributed by atoms with van der Waals surface area (Å²) < 4.78 is 20.8. The molecule has 0 aliphatic heterocycles. The number of benzene rings is 3. The number of nitro benzene ring substituents is 1. The fraction of sp³-hybridized carbons (Fsp3) is 0.0833. The van der Waals surface area contributed by atoms with Gasteiger partial charge in [0.1, 0.15) is 11.6 Å². The lowest BCUT2D eigenvalue weighted by Gasteiger charge is -2.10. The highest BCUT2D eigenvalue weighted by Gasteiger charge is 2.22. The predicted octanol–water partition coefficient (Wildman–Crippen LogP) is 5.07. The van der Waals surface area contributed by atoms with Gasteiger partial charge in [-0.2, -0.15) is 9.78 Å². The Hall–Kier alpha value is -4.16. The zero-order valence-corrected chi connectivity index (χ0v) is 21.3. The molecule has 1 aromatic heterocycles. The highest BCUT2D eigenvalue weighted by Crippen LogP contribution is 2.36. The first kappa shape index (κ1) is 25.9. The molecular weight excluding hydrogens is 573 g/mol. The van der Waals surface area contributed by atoms with Crippen LogP contribution in [-0.4, -0.2) is 33.3 Å². The van der Waals surface area contributed by atoms with Crippen LogP contribution < -0.4 is 15.6 Å². The topological polar surface area (TPSA) is 129 Å². The lowest BCUT2D eigenvalue weighted by Crippen LogP contribution is -2.21. The molecule has 0 aliphatic carbocycles. The van der Waals surface area contributed by atoms with Crippen LogP contribution in [0.15, 0.2) is 69.0 Å². The fourth-order valence-electron chi connectivity index (χ4n) is 3.36. The molecule has 0 radical (unpaired) electrons. The zero-order valence-electron chi connectivity index (χ0n) is 18.9. The van der Waals surface area contributed by atoms with Gasteiger partial charge in [-0.1, -0.05) is 39.7 Å². The molecule has 37 heavy (non-hydrogen) atoms. The van der Waals surface area contributed by atoms with Gasteiger partial charge in [0, 0.05) is 16.1 Å². The minimum Gasteiger partial charge on any atom is -0.476 e. The standard InChI is InChI=1S/C24H16BrClFN5O5/c1-13-29-19-7-6-15(25)10-16(19)24(34)31(13)28-11-14-8-17(26)23(21(9-14)32(35)36)37-12-22(33)30-20-5-3-2-4-18(20)27/h2-11H,12H2,1H3,(H,30,33). The Bertz CT molecular complexity index is 1640. The number of aromatic nitrogens is 2. The van der Waals surface area contributed by atoms with Crippen LogP contribution >= 0.6 is 27.5 Å². The van der Waals surface area contributed by atoms with Crippen molar-refractivity contribution in [1.29, 1.82) is 0 Å². The summed E-state index contributed by atoms with van der Waals surface area (Å²) in [5, 5.41) is 18.3. The molecule has 0 fully saturated rings. The van der Waals surface area contributed by atoms with Gasteiger partial charge in [0.2, 0.25) is 5.75 Å². The van der Waals surface area contributed by atoms with Gasteiger partial charge in [0.05, 0.1) is 32.8 Å². The van der Waals surface area contributed by atoms with Crippen molar-refractivity contribution in [1.82, 2.24) is 9.66 Å². The number of amides is 1. The smallest absolute Gasteiger partial charge is 0.313 e. The molecule has 4 aromatic rings. The number of nitro groups is 1. The molecule has 0 saturated carbocycles. The van der Waals surface area contributed by atoms with Crippen LogP contribution in [0.1, 0.15) is 11.4 Å². The molecule has 13 heteroatoms. The van der Waals surface area contributed by atoms with Crippen molar-refractivity contribution < 1.29 is 18.8 Å². The second-order valence-electron chi connectivity index (χ2n) is 7.61. The molecular formula is C24H16BrClFN5O5. The van der Waals surface area contributed by atoms with Crippen LogP contribution in [0.2, 0.25) is 5.02 Å². The summed E-state index contributed by atoms with van der Waals surface area (Å²) in [5.41, 5.74) is -0.333.